The predicted octanol–water partition coefficient (Wildman–Crippen LogP) is 13.7. The number of rotatable bonds is 8. The van der Waals surface area contributed by atoms with Gasteiger partial charge in [0.25, 0.3) is 0 Å². The van der Waals surface area contributed by atoms with Crippen LogP contribution in [-0.4, -0.2) is 6.61 Å². The highest BCUT2D eigenvalue weighted by Gasteiger charge is 2.52. The van der Waals surface area contributed by atoms with E-state index in [-0.39, 0.29) is 0 Å². The quantitative estimate of drug-likeness (QED) is 0.156. The zero-order valence-corrected chi connectivity index (χ0v) is 31.0. The van der Waals surface area contributed by atoms with Crippen molar-refractivity contribution in [1.29, 1.82) is 0 Å². The van der Waals surface area contributed by atoms with Crippen molar-refractivity contribution in [3.05, 3.63) is 222 Å². The Labute approximate surface area is 323 Å². The van der Waals surface area contributed by atoms with Crippen LogP contribution in [-0.2, 0) is 5.41 Å². The Morgan fingerprint density at radius 3 is 1.16 bits per heavy atom. The summed E-state index contributed by atoms with van der Waals surface area (Å²) in [5.41, 5.74) is 17.5. The summed E-state index contributed by atoms with van der Waals surface area (Å²) < 4.78 is 6.27. The Bertz CT molecular complexity index is 2460. The molecule has 8 aromatic carbocycles. The normalized spacial score (nSPS) is 12.8. The van der Waals surface area contributed by atoms with Gasteiger partial charge in [0.2, 0.25) is 0 Å². The summed E-state index contributed by atoms with van der Waals surface area (Å²) in [6.07, 6.45) is 0. The van der Waals surface area contributed by atoms with E-state index in [2.05, 4.69) is 218 Å². The van der Waals surface area contributed by atoms with E-state index in [4.69, 9.17) is 4.74 Å². The van der Waals surface area contributed by atoms with Gasteiger partial charge in [-0.3, -0.25) is 0 Å². The van der Waals surface area contributed by atoms with Crippen LogP contribution in [0.25, 0.3) is 22.3 Å². The second-order valence-electron chi connectivity index (χ2n) is 14.4. The van der Waals surface area contributed by atoms with Crippen LogP contribution < -0.4 is 14.5 Å². The van der Waals surface area contributed by atoms with Gasteiger partial charge in [-0.2, -0.15) is 0 Å². The van der Waals surface area contributed by atoms with Gasteiger partial charge in [0.1, 0.15) is 5.75 Å². The SMILES string of the molecule is CCOc1ccc2c(c1)C1(c3cc(C)ccc3-2)c2cc(N(c3ccccc3)c3ccccc3)ccc2-c2ccc(N(c3ccccc3)c3ccccc3)cc21. The van der Waals surface area contributed by atoms with Crippen molar-refractivity contribution in [1.82, 2.24) is 0 Å². The summed E-state index contributed by atoms with van der Waals surface area (Å²) in [6.45, 7) is 4.88. The van der Waals surface area contributed by atoms with E-state index < -0.39 is 5.41 Å². The van der Waals surface area contributed by atoms with Gasteiger partial charge in [0, 0.05) is 34.1 Å². The number of aryl methyl sites for hydroxylation is 1. The summed E-state index contributed by atoms with van der Waals surface area (Å²) in [5.74, 6) is 0.887. The van der Waals surface area contributed by atoms with Crippen molar-refractivity contribution in [2.24, 2.45) is 0 Å². The molecule has 0 aliphatic heterocycles. The van der Waals surface area contributed by atoms with Crippen LogP contribution in [0.15, 0.2) is 194 Å². The molecule has 0 bridgehead atoms. The molecule has 10 rings (SSSR count). The molecule has 0 heterocycles. The third-order valence-electron chi connectivity index (χ3n) is 11.3. The third-order valence-corrected chi connectivity index (χ3v) is 11.3. The highest BCUT2D eigenvalue weighted by molar-refractivity contribution is 5.98. The molecule has 2 aliphatic carbocycles. The molecule has 55 heavy (non-hydrogen) atoms. The van der Waals surface area contributed by atoms with E-state index in [0.29, 0.717) is 6.61 Å². The fourth-order valence-electron chi connectivity index (χ4n) is 9.03. The lowest BCUT2D eigenvalue weighted by Crippen LogP contribution is -2.27. The predicted molar refractivity (Wildman–Crippen MR) is 228 cm³/mol. The highest BCUT2D eigenvalue weighted by atomic mass is 16.5. The number of fused-ring (bicyclic) bond motifs is 10. The van der Waals surface area contributed by atoms with Crippen molar-refractivity contribution in [2.75, 3.05) is 16.4 Å². The van der Waals surface area contributed by atoms with Crippen molar-refractivity contribution in [3.8, 4) is 28.0 Å². The van der Waals surface area contributed by atoms with E-state index in [1.807, 2.05) is 0 Å². The first-order valence-corrected chi connectivity index (χ1v) is 19.1. The van der Waals surface area contributed by atoms with Crippen LogP contribution in [0.4, 0.5) is 34.1 Å². The van der Waals surface area contributed by atoms with E-state index in [1.54, 1.807) is 0 Å². The molecular formula is C52H40N2O. The van der Waals surface area contributed by atoms with Gasteiger partial charge >= 0.3 is 0 Å². The summed E-state index contributed by atoms with van der Waals surface area (Å²) in [4.78, 5) is 4.75. The lowest BCUT2D eigenvalue weighted by Gasteiger charge is -2.33. The van der Waals surface area contributed by atoms with Crippen LogP contribution in [0.1, 0.15) is 34.7 Å². The second kappa shape index (κ2) is 13.2. The second-order valence-corrected chi connectivity index (χ2v) is 14.4. The molecule has 0 fully saturated rings. The van der Waals surface area contributed by atoms with Gasteiger partial charge in [-0.25, -0.2) is 0 Å². The van der Waals surface area contributed by atoms with Gasteiger partial charge in [-0.1, -0.05) is 115 Å². The van der Waals surface area contributed by atoms with Crippen LogP contribution in [0.5, 0.6) is 5.75 Å². The van der Waals surface area contributed by atoms with Crippen molar-refractivity contribution < 1.29 is 4.74 Å². The molecule has 264 valence electrons. The van der Waals surface area contributed by atoms with Crippen molar-refractivity contribution in [2.45, 2.75) is 19.3 Å². The van der Waals surface area contributed by atoms with E-state index in [9.17, 15) is 0 Å². The molecule has 0 N–H and O–H groups in total. The number of anilines is 6. The number of ether oxygens (including phenoxy) is 1. The fourth-order valence-corrected chi connectivity index (χ4v) is 9.03. The summed E-state index contributed by atoms with van der Waals surface area (Å²) in [7, 11) is 0. The van der Waals surface area contributed by atoms with Crippen molar-refractivity contribution >= 4 is 34.1 Å². The molecule has 8 aromatic rings. The highest BCUT2D eigenvalue weighted by Crippen LogP contribution is 2.64. The van der Waals surface area contributed by atoms with Crippen LogP contribution in [0.2, 0.25) is 0 Å². The zero-order chi connectivity index (χ0) is 36.9. The number of hydrogen-bond donors (Lipinski definition) is 0. The maximum Gasteiger partial charge on any atom is 0.119 e. The first kappa shape index (κ1) is 32.8. The molecule has 0 saturated carbocycles. The summed E-state index contributed by atoms with van der Waals surface area (Å²) >= 11 is 0. The van der Waals surface area contributed by atoms with Crippen LogP contribution in [0.3, 0.4) is 0 Å². The van der Waals surface area contributed by atoms with E-state index >= 15 is 0 Å². The molecule has 0 amide bonds. The third kappa shape index (κ3) is 5.19. The lowest BCUT2D eigenvalue weighted by molar-refractivity contribution is 0.340. The maximum atomic E-state index is 6.27. The van der Waals surface area contributed by atoms with Gasteiger partial charge in [-0.05, 0) is 143 Å². The average molecular weight is 709 g/mol. The minimum atomic E-state index is -0.599. The molecule has 0 atom stereocenters. The topological polar surface area (TPSA) is 15.7 Å². The number of nitrogens with zero attached hydrogens (tertiary/aromatic N) is 2. The minimum Gasteiger partial charge on any atom is -0.494 e. The smallest absolute Gasteiger partial charge is 0.119 e. The number of para-hydroxylation sites is 4. The van der Waals surface area contributed by atoms with Gasteiger partial charge in [0.05, 0.1) is 12.0 Å². The summed E-state index contributed by atoms with van der Waals surface area (Å²) in [5, 5.41) is 0. The number of hydrogen-bond acceptors (Lipinski definition) is 3. The molecule has 0 aromatic heterocycles. The van der Waals surface area contributed by atoms with Crippen molar-refractivity contribution in [3.63, 3.8) is 0 Å². The Balaban J connectivity index is 1.29. The lowest BCUT2D eigenvalue weighted by atomic mass is 9.70. The summed E-state index contributed by atoms with van der Waals surface area (Å²) in [6, 6.07) is 70.7. The Hall–Kier alpha value is -6.84. The molecular weight excluding hydrogens is 669 g/mol. The average Bonchev–Trinajstić information content (AvgIpc) is 3.68. The standard InChI is InChI=1S/C52H40N2O/c1-3-55-43-27-31-47-44-28-24-36(2)32-48(44)52(51(47)35-43)49-33-41(53(37-16-8-4-9-17-37)38-18-10-5-11-19-38)25-29-45(49)46-30-26-42(34-50(46)52)54(39-20-12-6-13-21-39)40-22-14-7-15-23-40/h4-35H,3H2,1-2H3. The fraction of sp³-hybridized carbons (Fsp3) is 0.0769. The Morgan fingerprint density at radius 1 is 0.382 bits per heavy atom. The number of benzene rings is 8. The molecule has 0 unspecified atom stereocenters. The van der Waals surface area contributed by atoms with Crippen LogP contribution >= 0.6 is 0 Å². The van der Waals surface area contributed by atoms with Gasteiger partial charge < -0.3 is 14.5 Å². The first-order chi connectivity index (χ1) is 27.1. The maximum absolute atomic E-state index is 6.27. The van der Waals surface area contributed by atoms with E-state index in [1.165, 1.54) is 50.1 Å². The molecule has 1 spiro atoms. The zero-order valence-electron chi connectivity index (χ0n) is 31.0. The molecule has 0 radical (unpaired) electrons. The monoisotopic (exact) mass is 708 g/mol. The molecule has 3 heteroatoms. The van der Waals surface area contributed by atoms with Gasteiger partial charge in [-0.15, -0.1) is 0 Å². The van der Waals surface area contributed by atoms with Crippen LogP contribution in [0, 0.1) is 6.92 Å². The minimum absolute atomic E-state index is 0.599. The Kier molecular flexibility index (Phi) is 7.88. The van der Waals surface area contributed by atoms with Gasteiger partial charge in [0.15, 0.2) is 0 Å². The Morgan fingerprint density at radius 2 is 0.745 bits per heavy atom. The largest absolute Gasteiger partial charge is 0.494 e. The first-order valence-electron chi connectivity index (χ1n) is 19.1. The molecule has 2 aliphatic rings. The van der Waals surface area contributed by atoms with E-state index in [0.717, 1.165) is 39.9 Å². The molecule has 0 saturated heterocycles. The molecule has 3 nitrogen and oxygen atoms in total.